The predicted molar refractivity (Wildman–Crippen MR) is 84.4 cm³/mol. The molecule has 0 bridgehead atoms. The molecule has 0 aliphatic rings. The Kier molecular flexibility index (Phi) is 3.68. The van der Waals surface area contributed by atoms with E-state index in [4.69, 9.17) is 0 Å². The van der Waals surface area contributed by atoms with Crippen molar-refractivity contribution >= 4 is 22.9 Å². The van der Waals surface area contributed by atoms with Crippen LogP contribution in [0.25, 0.3) is 11.2 Å². The third-order valence-corrected chi connectivity index (χ3v) is 3.33. The van der Waals surface area contributed by atoms with E-state index in [9.17, 15) is 0 Å². The number of H-pyrrole nitrogens is 1. The fourth-order valence-electron chi connectivity index (χ4n) is 2.19. The van der Waals surface area contributed by atoms with Gasteiger partial charge in [0.2, 0.25) is 5.95 Å². The Bertz CT molecular complexity index is 749. The summed E-state index contributed by atoms with van der Waals surface area (Å²) in [5.74, 6) is 1.35. The molecule has 6 heteroatoms. The van der Waals surface area contributed by atoms with Gasteiger partial charge in [-0.15, -0.1) is 0 Å². The number of hydrogen-bond acceptors (Lipinski definition) is 5. The number of imidazole rings is 1. The topological polar surface area (TPSA) is 78.5 Å². The minimum Gasteiger partial charge on any atom is -0.364 e. The number of nitrogens with one attached hydrogen (secondary N) is 3. The van der Waals surface area contributed by atoms with Gasteiger partial charge >= 0.3 is 0 Å². The monoisotopic (exact) mass is 282 g/mol. The molecule has 0 atom stereocenters. The van der Waals surface area contributed by atoms with E-state index in [1.807, 2.05) is 19.1 Å². The van der Waals surface area contributed by atoms with Gasteiger partial charge in [0.25, 0.3) is 0 Å². The molecule has 3 N–H and O–H groups in total. The Labute approximate surface area is 123 Å². The number of aryl methyl sites for hydroxylation is 1. The maximum absolute atomic E-state index is 4.50. The van der Waals surface area contributed by atoms with Crippen LogP contribution in [0.15, 0.2) is 30.6 Å². The summed E-state index contributed by atoms with van der Waals surface area (Å²) >= 11 is 0. The largest absolute Gasteiger partial charge is 0.364 e. The van der Waals surface area contributed by atoms with Crippen molar-refractivity contribution in [1.29, 1.82) is 0 Å². The van der Waals surface area contributed by atoms with Crippen LogP contribution in [0, 0.1) is 6.92 Å². The van der Waals surface area contributed by atoms with Crippen molar-refractivity contribution in [2.45, 2.75) is 20.4 Å². The van der Waals surface area contributed by atoms with Crippen molar-refractivity contribution in [2.75, 3.05) is 17.2 Å². The van der Waals surface area contributed by atoms with E-state index in [0.717, 1.165) is 17.9 Å². The number of rotatable bonds is 5. The highest BCUT2D eigenvalue weighted by Gasteiger charge is 2.09. The third-order valence-electron chi connectivity index (χ3n) is 3.33. The average molecular weight is 282 g/mol. The van der Waals surface area contributed by atoms with Crippen molar-refractivity contribution in [1.82, 2.24) is 19.9 Å². The number of hydrogen-bond donors (Lipinski definition) is 3. The lowest BCUT2D eigenvalue weighted by Gasteiger charge is -2.10. The Balaban J connectivity index is 1.89. The SMILES string of the molecule is CCNc1nc(NCc2ccccc2C)c2[nH]cnc2n1. The number of fused-ring (bicyclic) bond motifs is 1. The molecule has 3 aromatic rings. The van der Waals surface area contributed by atoms with E-state index in [1.165, 1.54) is 11.1 Å². The van der Waals surface area contributed by atoms with Crippen LogP contribution in [0.5, 0.6) is 0 Å². The highest BCUT2D eigenvalue weighted by atomic mass is 15.2. The molecule has 0 radical (unpaired) electrons. The molecule has 3 rings (SSSR count). The zero-order chi connectivity index (χ0) is 14.7. The summed E-state index contributed by atoms with van der Waals surface area (Å²) in [6, 6.07) is 8.30. The lowest BCUT2D eigenvalue weighted by Crippen LogP contribution is -2.08. The van der Waals surface area contributed by atoms with Gasteiger partial charge in [0.05, 0.1) is 6.33 Å². The van der Waals surface area contributed by atoms with Crippen LogP contribution in [-0.4, -0.2) is 26.5 Å². The fourth-order valence-corrected chi connectivity index (χ4v) is 2.19. The molecule has 0 spiro atoms. The van der Waals surface area contributed by atoms with Crippen LogP contribution in [0.1, 0.15) is 18.1 Å². The standard InChI is InChI=1S/C15H18N6/c1-3-16-15-20-13(12-14(21-15)19-9-18-12)17-8-11-7-5-4-6-10(11)2/h4-7,9H,3,8H2,1-2H3,(H3,16,17,18,19,20,21). The van der Waals surface area contributed by atoms with E-state index in [2.05, 4.69) is 49.6 Å². The maximum atomic E-state index is 4.50. The van der Waals surface area contributed by atoms with Gasteiger partial charge in [-0.3, -0.25) is 0 Å². The summed E-state index contributed by atoms with van der Waals surface area (Å²) < 4.78 is 0. The molecule has 1 aromatic carbocycles. The summed E-state index contributed by atoms with van der Waals surface area (Å²) in [5, 5.41) is 6.49. The van der Waals surface area contributed by atoms with Gasteiger partial charge in [0.1, 0.15) is 5.52 Å². The molecule has 2 aromatic heterocycles. The van der Waals surface area contributed by atoms with Crippen molar-refractivity contribution in [3.63, 3.8) is 0 Å². The molecule has 0 unspecified atom stereocenters. The summed E-state index contributed by atoms with van der Waals surface area (Å²) in [6.07, 6.45) is 1.63. The molecular weight excluding hydrogens is 264 g/mol. The van der Waals surface area contributed by atoms with Crippen LogP contribution < -0.4 is 10.6 Å². The molecule has 0 saturated heterocycles. The first-order valence-electron chi connectivity index (χ1n) is 7.01. The summed E-state index contributed by atoms with van der Waals surface area (Å²) in [4.78, 5) is 16.1. The van der Waals surface area contributed by atoms with Gasteiger partial charge in [-0.2, -0.15) is 9.97 Å². The van der Waals surface area contributed by atoms with Gasteiger partial charge in [0.15, 0.2) is 11.5 Å². The Hall–Kier alpha value is -2.63. The minimum absolute atomic E-state index is 0.587. The van der Waals surface area contributed by atoms with E-state index in [1.54, 1.807) is 6.33 Å². The number of benzene rings is 1. The van der Waals surface area contributed by atoms with Crippen LogP contribution in [0.4, 0.5) is 11.8 Å². The molecule has 0 saturated carbocycles. The Morgan fingerprint density at radius 2 is 2.00 bits per heavy atom. The lowest BCUT2D eigenvalue weighted by molar-refractivity contribution is 1.06. The van der Waals surface area contributed by atoms with E-state index < -0.39 is 0 Å². The number of aromatic nitrogens is 4. The van der Waals surface area contributed by atoms with Crippen molar-refractivity contribution in [3.05, 3.63) is 41.7 Å². The maximum Gasteiger partial charge on any atom is 0.226 e. The average Bonchev–Trinajstić information content (AvgIpc) is 2.95. The molecule has 108 valence electrons. The van der Waals surface area contributed by atoms with Crippen LogP contribution in [0.3, 0.4) is 0 Å². The normalized spacial score (nSPS) is 10.8. The van der Waals surface area contributed by atoms with Gasteiger partial charge in [0, 0.05) is 13.1 Å². The van der Waals surface area contributed by atoms with E-state index >= 15 is 0 Å². The molecule has 0 amide bonds. The third kappa shape index (κ3) is 2.79. The second-order valence-corrected chi connectivity index (χ2v) is 4.81. The second kappa shape index (κ2) is 5.78. The lowest BCUT2D eigenvalue weighted by atomic mass is 10.1. The molecule has 6 nitrogen and oxygen atoms in total. The Morgan fingerprint density at radius 1 is 1.14 bits per heavy atom. The summed E-state index contributed by atoms with van der Waals surface area (Å²) in [5.41, 5.74) is 3.99. The molecule has 2 heterocycles. The first-order chi connectivity index (χ1) is 10.3. The smallest absolute Gasteiger partial charge is 0.226 e. The van der Waals surface area contributed by atoms with Crippen LogP contribution in [0.2, 0.25) is 0 Å². The van der Waals surface area contributed by atoms with E-state index in [-0.39, 0.29) is 0 Å². The number of anilines is 2. The zero-order valence-corrected chi connectivity index (χ0v) is 12.1. The minimum atomic E-state index is 0.587. The van der Waals surface area contributed by atoms with Crippen molar-refractivity contribution in [3.8, 4) is 0 Å². The van der Waals surface area contributed by atoms with Gasteiger partial charge in [-0.25, -0.2) is 4.98 Å². The van der Waals surface area contributed by atoms with Crippen molar-refractivity contribution in [2.24, 2.45) is 0 Å². The van der Waals surface area contributed by atoms with Crippen LogP contribution >= 0.6 is 0 Å². The van der Waals surface area contributed by atoms with Gasteiger partial charge in [-0.05, 0) is 25.0 Å². The first kappa shape index (κ1) is 13.4. The first-order valence-corrected chi connectivity index (χ1v) is 7.01. The highest BCUT2D eigenvalue weighted by molar-refractivity contribution is 5.83. The Morgan fingerprint density at radius 3 is 2.81 bits per heavy atom. The number of aromatic amines is 1. The van der Waals surface area contributed by atoms with Gasteiger partial charge in [-0.1, -0.05) is 24.3 Å². The molecule has 21 heavy (non-hydrogen) atoms. The predicted octanol–water partition coefficient (Wildman–Crippen LogP) is 2.71. The molecule has 0 fully saturated rings. The summed E-state index contributed by atoms with van der Waals surface area (Å²) in [6.45, 7) is 5.60. The van der Waals surface area contributed by atoms with Crippen LogP contribution in [-0.2, 0) is 6.54 Å². The fraction of sp³-hybridized carbons (Fsp3) is 0.267. The summed E-state index contributed by atoms with van der Waals surface area (Å²) in [7, 11) is 0. The van der Waals surface area contributed by atoms with Crippen molar-refractivity contribution < 1.29 is 0 Å². The highest BCUT2D eigenvalue weighted by Crippen LogP contribution is 2.19. The second-order valence-electron chi connectivity index (χ2n) is 4.81. The molecular formula is C15H18N6. The zero-order valence-electron chi connectivity index (χ0n) is 12.1. The number of nitrogens with zero attached hydrogens (tertiary/aromatic N) is 3. The van der Waals surface area contributed by atoms with E-state index in [0.29, 0.717) is 18.1 Å². The van der Waals surface area contributed by atoms with Gasteiger partial charge < -0.3 is 15.6 Å². The molecule has 0 aliphatic carbocycles. The quantitative estimate of drug-likeness (QED) is 0.670. The molecule has 0 aliphatic heterocycles.